The molecule has 0 saturated carbocycles. The van der Waals surface area contributed by atoms with Crippen LogP contribution in [0.25, 0.3) is 0 Å². The van der Waals surface area contributed by atoms with E-state index in [-0.39, 0.29) is 39.7 Å². The van der Waals surface area contributed by atoms with Gasteiger partial charge in [-0.2, -0.15) is 0 Å². The van der Waals surface area contributed by atoms with Gasteiger partial charge in [-0.05, 0) is 61.7 Å². The van der Waals surface area contributed by atoms with Crippen LogP contribution in [0.1, 0.15) is 31.9 Å². The predicted octanol–water partition coefficient (Wildman–Crippen LogP) is 5.70. The van der Waals surface area contributed by atoms with Crippen molar-refractivity contribution >= 4 is 50.7 Å². The summed E-state index contributed by atoms with van der Waals surface area (Å²) >= 11 is 12.3. The standard InChI is InChI=1S/C31H37Cl2N3O6S/c1-20(2)17-34-31(38)22(4)35(18-23-9-13-26(32)27(33)15-23)30(37)19-36(24-10-14-28(41-5)29(16-24)42-6)43(39,40)25-11-7-21(3)8-12-25/h7-16,20,22H,17-19H2,1-6H3,(H,34,38). The van der Waals surface area contributed by atoms with Crippen LogP contribution in [-0.2, 0) is 26.2 Å². The minimum atomic E-state index is -4.25. The number of halogens is 2. The van der Waals surface area contributed by atoms with Gasteiger partial charge in [-0.25, -0.2) is 8.42 Å². The molecule has 0 spiro atoms. The number of amides is 2. The summed E-state index contributed by atoms with van der Waals surface area (Å²) in [4.78, 5) is 28.6. The SMILES string of the molecule is COc1ccc(N(CC(=O)N(Cc2ccc(Cl)c(Cl)c2)C(C)C(=O)NCC(C)C)S(=O)(=O)c2ccc(C)cc2)cc1OC. The highest BCUT2D eigenvalue weighted by Gasteiger charge is 2.33. The monoisotopic (exact) mass is 649 g/mol. The van der Waals surface area contributed by atoms with Crippen LogP contribution >= 0.6 is 23.2 Å². The topological polar surface area (TPSA) is 105 Å². The second kappa shape index (κ2) is 14.8. The molecule has 0 heterocycles. The average molecular weight is 651 g/mol. The fourth-order valence-corrected chi connectivity index (χ4v) is 5.94. The normalized spacial score (nSPS) is 12.0. The number of rotatable bonds is 13. The van der Waals surface area contributed by atoms with Crippen molar-refractivity contribution in [1.82, 2.24) is 10.2 Å². The van der Waals surface area contributed by atoms with E-state index in [1.54, 1.807) is 43.3 Å². The highest BCUT2D eigenvalue weighted by Crippen LogP contribution is 2.34. The molecule has 0 aromatic heterocycles. The van der Waals surface area contributed by atoms with Gasteiger partial charge in [-0.15, -0.1) is 0 Å². The Morgan fingerprint density at radius 2 is 1.53 bits per heavy atom. The smallest absolute Gasteiger partial charge is 0.264 e. The number of nitrogens with one attached hydrogen (secondary N) is 1. The summed E-state index contributed by atoms with van der Waals surface area (Å²) in [7, 11) is -1.35. The van der Waals surface area contributed by atoms with E-state index < -0.39 is 28.5 Å². The van der Waals surface area contributed by atoms with Crippen molar-refractivity contribution in [2.75, 3.05) is 31.6 Å². The van der Waals surface area contributed by atoms with Crippen LogP contribution in [0.3, 0.4) is 0 Å². The molecule has 3 aromatic rings. The number of sulfonamides is 1. The Labute approximate surface area is 263 Å². The predicted molar refractivity (Wildman–Crippen MR) is 170 cm³/mol. The lowest BCUT2D eigenvalue weighted by atomic mass is 10.1. The van der Waals surface area contributed by atoms with E-state index in [0.29, 0.717) is 22.9 Å². The zero-order valence-electron chi connectivity index (χ0n) is 25.1. The van der Waals surface area contributed by atoms with Crippen molar-refractivity contribution in [2.45, 2.75) is 45.2 Å². The molecule has 1 atom stereocenters. The largest absolute Gasteiger partial charge is 0.493 e. The summed E-state index contributed by atoms with van der Waals surface area (Å²) in [5.41, 5.74) is 1.67. The number of ether oxygens (including phenoxy) is 2. The van der Waals surface area contributed by atoms with Gasteiger partial charge in [0.05, 0.1) is 34.8 Å². The molecule has 0 aliphatic carbocycles. The number of aryl methyl sites for hydroxylation is 1. The number of carbonyl (C=O) groups is 2. The van der Waals surface area contributed by atoms with Crippen molar-refractivity contribution < 1.29 is 27.5 Å². The molecule has 0 saturated heterocycles. The van der Waals surface area contributed by atoms with Crippen LogP contribution in [-0.4, -0.2) is 58.5 Å². The molecule has 232 valence electrons. The van der Waals surface area contributed by atoms with Crippen molar-refractivity contribution in [2.24, 2.45) is 5.92 Å². The van der Waals surface area contributed by atoms with E-state index in [0.717, 1.165) is 9.87 Å². The number of anilines is 1. The van der Waals surface area contributed by atoms with E-state index in [1.165, 1.54) is 43.4 Å². The molecule has 0 aliphatic rings. The zero-order valence-corrected chi connectivity index (χ0v) is 27.4. The number of hydrogen-bond donors (Lipinski definition) is 1. The fraction of sp³-hybridized carbons (Fsp3) is 0.355. The van der Waals surface area contributed by atoms with E-state index in [9.17, 15) is 18.0 Å². The lowest BCUT2D eigenvalue weighted by Gasteiger charge is -2.32. The third-order valence-corrected chi connectivity index (χ3v) is 9.26. The number of hydrogen-bond acceptors (Lipinski definition) is 6. The Bertz CT molecular complexity index is 1550. The van der Waals surface area contributed by atoms with Crippen molar-refractivity contribution in [1.29, 1.82) is 0 Å². The Morgan fingerprint density at radius 1 is 0.884 bits per heavy atom. The van der Waals surface area contributed by atoms with Crippen molar-refractivity contribution in [3.05, 3.63) is 81.8 Å². The lowest BCUT2D eigenvalue weighted by molar-refractivity contribution is -0.139. The zero-order chi connectivity index (χ0) is 31.9. The molecule has 0 radical (unpaired) electrons. The van der Waals surface area contributed by atoms with Crippen molar-refractivity contribution in [3.8, 4) is 11.5 Å². The molecule has 1 N–H and O–H groups in total. The molecule has 3 aromatic carbocycles. The maximum atomic E-state index is 14.1. The Morgan fingerprint density at radius 3 is 2.12 bits per heavy atom. The van der Waals surface area contributed by atoms with Gasteiger partial charge in [0.25, 0.3) is 10.0 Å². The summed E-state index contributed by atoms with van der Waals surface area (Å²) in [5.74, 6) is -0.118. The van der Waals surface area contributed by atoms with Gasteiger partial charge in [-0.1, -0.05) is 60.8 Å². The molecular weight excluding hydrogens is 613 g/mol. The molecule has 12 heteroatoms. The summed E-state index contributed by atoms with van der Waals surface area (Å²) in [6.45, 7) is 7.16. The summed E-state index contributed by atoms with van der Waals surface area (Å²) in [5, 5.41) is 3.49. The number of methoxy groups -OCH3 is 2. The van der Waals surface area contributed by atoms with E-state index in [1.807, 2.05) is 20.8 Å². The summed E-state index contributed by atoms with van der Waals surface area (Å²) in [6, 6.07) is 14.9. The molecular formula is C31H37Cl2N3O6S. The first-order chi connectivity index (χ1) is 20.3. The van der Waals surface area contributed by atoms with Crippen LogP contribution in [0.5, 0.6) is 11.5 Å². The molecule has 0 aliphatic heterocycles. The van der Waals surface area contributed by atoms with Crippen LogP contribution in [0.4, 0.5) is 5.69 Å². The molecule has 0 bridgehead atoms. The first kappa shape index (κ1) is 34.0. The third-order valence-electron chi connectivity index (χ3n) is 6.73. The van der Waals surface area contributed by atoms with Gasteiger partial charge in [0.2, 0.25) is 11.8 Å². The van der Waals surface area contributed by atoms with E-state index in [4.69, 9.17) is 32.7 Å². The van der Waals surface area contributed by atoms with Gasteiger partial charge in [-0.3, -0.25) is 13.9 Å². The molecule has 9 nitrogen and oxygen atoms in total. The van der Waals surface area contributed by atoms with Crippen LogP contribution in [0, 0.1) is 12.8 Å². The molecule has 0 fully saturated rings. The fourth-order valence-electron chi connectivity index (χ4n) is 4.22. The number of nitrogens with zero attached hydrogens (tertiary/aromatic N) is 2. The lowest BCUT2D eigenvalue weighted by Crippen LogP contribution is -2.51. The van der Waals surface area contributed by atoms with Crippen molar-refractivity contribution in [3.63, 3.8) is 0 Å². The summed E-state index contributed by atoms with van der Waals surface area (Å²) < 4.78 is 39.8. The van der Waals surface area contributed by atoms with Gasteiger partial charge in [0.15, 0.2) is 11.5 Å². The van der Waals surface area contributed by atoms with Gasteiger partial charge >= 0.3 is 0 Å². The second-order valence-corrected chi connectivity index (χ2v) is 13.1. The average Bonchev–Trinajstić information content (AvgIpc) is 2.98. The Balaban J connectivity index is 2.09. The molecule has 3 rings (SSSR count). The number of benzene rings is 3. The maximum absolute atomic E-state index is 14.1. The van der Waals surface area contributed by atoms with Gasteiger partial charge in [0, 0.05) is 19.2 Å². The first-order valence-electron chi connectivity index (χ1n) is 13.6. The third kappa shape index (κ3) is 8.55. The summed E-state index contributed by atoms with van der Waals surface area (Å²) in [6.07, 6.45) is 0. The first-order valence-corrected chi connectivity index (χ1v) is 15.8. The van der Waals surface area contributed by atoms with Gasteiger partial charge < -0.3 is 19.7 Å². The second-order valence-electron chi connectivity index (χ2n) is 10.4. The molecule has 2 amide bonds. The quantitative estimate of drug-likeness (QED) is 0.255. The Hall–Kier alpha value is -3.47. The minimum Gasteiger partial charge on any atom is -0.493 e. The van der Waals surface area contributed by atoms with Gasteiger partial charge in [0.1, 0.15) is 12.6 Å². The van der Waals surface area contributed by atoms with E-state index >= 15 is 0 Å². The molecule has 43 heavy (non-hydrogen) atoms. The maximum Gasteiger partial charge on any atom is 0.264 e. The Kier molecular flexibility index (Phi) is 11.7. The van der Waals surface area contributed by atoms with Crippen LogP contribution < -0.4 is 19.1 Å². The minimum absolute atomic E-state index is 0.000516. The van der Waals surface area contributed by atoms with Crippen LogP contribution in [0.15, 0.2) is 65.6 Å². The highest BCUT2D eigenvalue weighted by molar-refractivity contribution is 7.92. The highest BCUT2D eigenvalue weighted by atomic mass is 35.5. The number of carbonyl (C=O) groups excluding carboxylic acids is 2. The molecule has 1 unspecified atom stereocenters. The van der Waals surface area contributed by atoms with Crippen LogP contribution in [0.2, 0.25) is 10.0 Å². The van der Waals surface area contributed by atoms with E-state index in [2.05, 4.69) is 5.32 Å².